The van der Waals surface area contributed by atoms with Crippen LogP contribution in [-0.4, -0.2) is 23.1 Å². The van der Waals surface area contributed by atoms with Gasteiger partial charge in [-0.2, -0.15) is 0 Å². The van der Waals surface area contributed by atoms with Gasteiger partial charge in [-0.1, -0.05) is 22.0 Å². The van der Waals surface area contributed by atoms with Crippen molar-refractivity contribution in [3.05, 3.63) is 28.7 Å². The molecular weight excluding hydrogens is 416 g/mol. The van der Waals surface area contributed by atoms with Crippen molar-refractivity contribution in [2.24, 2.45) is 23.5 Å². The van der Waals surface area contributed by atoms with Crippen LogP contribution in [0.25, 0.3) is 0 Å². The predicted octanol–water partition coefficient (Wildman–Crippen LogP) is 4.05. The molecule has 26 heavy (non-hydrogen) atoms. The lowest BCUT2D eigenvalue weighted by molar-refractivity contribution is -0.138. The Balaban J connectivity index is 0.00000196. The first kappa shape index (κ1) is 20.0. The highest BCUT2D eigenvalue weighted by atomic mass is 79.9. The normalized spacial score (nSPS) is 34.9. The number of amides is 1. The van der Waals surface area contributed by atoms with E-state index in [-0.39, 0.29) is 29.9 Å². The molecule has 0 spiro atoms. The highest BCUT2D eigenvalue weighted by Gasteiger charge is 2.54. The minimum Gasteiger partial charge on any atom is -0.478 e. The molecule has 5 atom stereocenters. The molecule has 4 aliphatic rings. The van der Waals surface area contributed by atoms with Crippen LogP contribution < -0.4 is 15.8 Å². The summed E-state index contributed by atoms with van der Waals surface area (Å²) in [6.07, 6.45) is 5.72. The maximum atomic E-state index is 12.9. The van der Waals surface area contributed by atoms with Gasteiger partial charge in [0.1, 0.15) is 5.75 Å². The van der Waals surface area contributed by atoms with E-state index < -0.39 is 5.60 Å². The lowest BCUT2D eigenvalue weighted by Crippen LogP contribution is -2.66. The van der Waals surface area contributed by atoms with Gasteiger partial charge < -0.3 is 15.8 Å². The smallest absolute Gasteiger partial charge is 0.263 e. The fourth-order valence-corrected chi connectivity index (χ4v) is 5.90. The third-order valence-corrected chi connectivity index (χ3v) is 6.83. The van der Waals surface area contributed by atoms with Crippen LogP contribution in [-0.2, 0) is 4.79 Å². The van der Waals surface area contributed by atoms with Crippen LogP contribution in [0.4, 0.5) is 0 Å². The van der Waals surface area contributed by atoms with Gasteiger partial charge in [-0.25, -0.2) is 0 Å². The summed E-state index contributed by atoms with van der Waals surface area (Å²) in [7, 11) is 0. The van der Waals surface area contributed by atoms with Crippen molar-refractivity contribution in [2.75, 3.05) is 0 Å². The van der Waals surface area contributed by atoms with Crippen LogP contribution in [0.3, 0.4) is 0 Å². The first-order valence-corrected chi connectivity index (χ1v) is 10.1. The zero-order valence-electron chi connectivity index (χ0n) is 15.3. The third kappa shape index (κ3) is 3.76. The summed E-state index contributed by atoms with van der Waals surface area (Å²) in [5, 5.41) is 3.32. The molecule has 1 aromatic rings. The van der Waals surface area contributed by atoms with Crippen molar-refractivity contribution in [1.29, 1.82) is 0 Å². The van der Waals surface area contributed by atoms with E-state index in [0.29, 0.717) is 17.6 Å². The van der Waals surface area contributed by atoms with Crippen LogP contribution >= 0.6 is 28.3 Å². The molecule has 0 saturated heterocycles. The number of halogens is 2. The Bertz CT molecular complexity index is 680. The second-order valence-electron chi connectivity index (χ2n) is 8.90. The summed E-state index contributed by atoms with van der Waals surface area (Å²) in [4.78, 5) is 12.9. The van der Waals surface area contributed by atoms with Gasteiger partial charge in [-0.15, -0.1) is 12.4 Å². The summed E-state index contributed by atoms with van der Waals surface area (Å²) in [6, 6.07) is 7.87. The number of hydrogen-bond acceptors (Lipinski definition) is 3. The van der Waals surface area contributed by atoms with Crippen LogP contribution in [0.1, 0.15) is 46.0 Å². The minimum atomic E-state index is -0.907. The molecule has 0 aromatic heterocycles. The minimum absolute atomic E-state index is 0. The first-order valence-electron chi connectivity index (χ1n) is 9.29. The molecule has 0 radical (unpaired) electrons. The Morgan fingerprint density at radius 3 is 2.50 bits per heavy atom. The zero-order valence-corrected chi connectivity index (χ0v) is 17.7. The molecule has 0 heterocycles. The molecule has 4 bridgehead atoms. The van der Waals surface area contributed by atoms with E-state index in [4.69, 9.17) is 10.5 Å². The molecule has 3 unspecified atom stereocenters. The fourth-order valence-electron chi connectivity index (χ4n) is 5.52. The second-order valence-corrected chi connectivity index (χ2v) is 9.82. The van der Waals surface area contributed by atoms with E-state index in [2.05, 4.69) is 21.2 Å². The van der Waals surface area contributed by atoms with Gasteiger partial charge in [-0.3, -0.25) is 4.79 Å². The van der Waals surface area contributed by atoms with Gasteiger partial charge in [0, 0.05) is 16.1 Å². The Morgan fingerprint density at radius 2 is 1.92 bits per heavy atom. The molecule has 4 aliphatic carbocycles. The summed E-state index contributed by atoms with van der Waals surface area (Å²) in [5.74, 6) is 2.49. The molecule has 0 aliphatic heterocycles. The molecule has 1 aromatic carbocycles. The van der Waals surface area contributed by atoms with Gasteiger partial charge in [0.15, 0.2) is 5.60 Å². The summed E-state index contributed by atoms with van der Waals surface area (Å²) in [5.41, 5.74) is 5.70. The molecule has 4 nitrogen and oxygen atoms in total. The van der Waals surface area contributed by atoms with Gasteiger partial charge in [0.2, 0.25) is 0 Å². The molecule has 6 heteroatoms. The van der Waals surface area contributed by atoms with Gasteiger partial charge in [-0.05, 0) is 81.9 Å². The van der Waals surface area contributed by atoms with Crippen molar-refractivity contribution in [2.45, 2.75) is 63.1 Å². The quantitative estimate of drug-likeness (QED) is 0.738. The number of nitrogens with two attached hydrogens (primary N) is 1. The average molecular weight is 444 g/mol. The van der Waals surface area contributed by atoms with Crippen molar-refractivity contribution in [3.63, 3.8) is 0 Å². The van der Waals surface area contributed by atoms with Gasteiger partial charge >= 0.3 is 0 Å². The Labute approximate surface area is 170 Å². The topological polar surface area (TPSA) is 64.3 Å². The summed E-state index contributed by atoms with van der Waals surface area (Å²) >= 11 is 3.44. The van der Waals surface area contributed by atoms with E-state index in [1.54, 1.807) is 0 Å². The molecule has 4 saturated carbocycles. The highest BCUT2D eigenvalue weighted by molar-refractivity contribution is 9.10. The van der Waals surface area contributed by atoms with Crippen LogP contribution in [0, 0.1) is 17.8 Å². The number of ether oxygens (including phenoxy) is 1. The summed E-state index contributed by atoms with van der Waals surface area (Å²) < 4.78 is 6.93. The van der Waals surface area contributed by atoms with E-state index >= 15 is 0 Å². The van der Waals surface area contributed by atoms with Crippen LogP contribution in [0.15, 0.2) is 28.7 Å². The van der Waals surface area contributed by atoms with Gasteiger partial charge in [0.25, 0.3) is 5.91 Å². The zero-order chi connectivity index (χ0) is 17.8. The van der Waals surface area contributed by atoms with Crippen molar-refractivity contribution < 1.29 is 9.53 Å². The Kier molecular flexibility index (Phi) is 5.37. The summed E-state index contributed by atoms with van der Waals surface area (Å²) in [6.45, 7) is 3.67. The SMILES string of the molecule is CC(C)(Oc1cccc(Br)c1)C(=O)NC1[C@@H]2CC3C[C@H]1CC(N)(C3)C2.Cl. The number of benzene rings is 1. The van der Waals surface area contributed by atoms with Crippen molar-refractivity contribution >= 4 is 34.2 Å². The molecule has 4 fully saturated rings. The second kappa shape index (κ2) is 6.99. The monoisotopic (exact) mass is 442 g/mol. The van der Waals surface area contributed by atoms with Crippen LogP contribution in [0.2, 0.25) is 0 Å². The van der Waals surface area contributed by atoms with Crippen molar-refractivity contribution in [1.82, 2.24) is 5.32 Å². The van der Waals surface area contributed by atoms with E-state index in [9.17, 15) is 4.79 Å². The largest absolute Gasteiger partial charge is 0.478 e. The van der Waals surface area contributed by atoms with Crippen molar-refractivity contribution in [3.8, 4) is 5.75 Å². The maximum absolute atomic E-state index is 12.9. The van der Waals surface area contributed by atoms with E-state index in [0.717, 1.165) is 23.2 Å². The Hall–Kier alpha value is -0.780. The number of hydrogen-bond donors (Lipinski definition) is 2. The lowest BCUT2D eigenvalue weighted by Gasteiger charge is -2.59. The molecule has 144 valence electrons. The predicted molar refractivity (Wildman–Crippen MR) is 109 cm³/mol. The number of carbonyl (C=O) groups excluding carboxylic acids is 1. The molecule has 1 amide bonds. The Morgan fingerprint density at radius 1 is 1.27 bits per heavy atom. The molecular formula is C20H28BrClN2O2. The standard InChI is InChI=1S/C20H27BrN2O2.ClH/c1-19(2,25-16-5-3-4-15(21)8-16)18(24)23-17-13-6-12-7-14(17)11-20(22,9-12)10-13;/h3-5,8,12-14,17H,6-7,9-11,22H2,1-2H3,(H,23,24);1H/t12?,13-,14+,17?,20?;. The molecule has 3 N–H and O–H groups in total. The lowest BCUT2D eigenvalue weighted by atomic mass is 9.51. The highest BCUT2D eigenvalue weighted by Crippen LogP contribution is 2.54. The van der Waals surface area contributed by atoms with E-state index in [1.807, 2.05) is 38.1 Å². The average Bonchev–Trinajstić information content (AvgIpc) is 2.48. The van der Waals surface area contributed by atoms with E-state index in [1.165, 1.54) is 19.3 Å². The maximum Gasteiger partial charge on any atom is 0.263 e. The number of carbonyl (C=O) groups is 1. The van der Waals surface area contributed by atoms with Crippen LogP contribution in [0.5, 0.6) is 5.75 Å². The van der Waals surface area contributed by atoms with Gasteiger partial charge in [0.05, 0.1) is 0 Å². The number of nitrogens with one attached hydrogen (secondary N) is 1. The number of rotatable bonds is 4. The fraction of sp³-hybridized carbons (Fsp3) is 0.650. The third-order valence-electron chi connectivity index (χ3n) is 6.33. The molecule has 5 rings (SSSR count). The first-order chi connectivity index (χ1) is 11.7.